The van der Waals surface area contributed by atoms with E-state index < -0.39 is 16.0 Å². The number of sulfonamides is 1. The predicted octanol–water partition coefficient (Wildman–Crippen LogP) is 2.10. The summed E-state index contributed by atoms with van der Waals surface area (Å²) in [5, 5.41) is 8.62. The normalized spacial score (nSPS) is 11.2. The Kier molecular flexibility index (Phi) is 5.82. The van der Waals surface area contributed by atoms with Crippen molar-refractivity contribution in [2.24, 2.45) is 0 Å². The maximum absolute atomic E-state index is 12.2. The summed E-state index contributed by atoms with van der Waals surface area (Å²) >= 11 is 0. The number of unbranched alkanes of at least 4 members (excludes halogenated alkanes) is 1. The lowest BCUT2D eigenvalue weighted by Gasteiger charge is -2.24. The van der Waals surface area contributed by atoms with Gasteiger partial charge in [-0.2, -0.15) is 0 Å². The molecule has 0 bridgehead atoms. The predicted molar refractivity (Wildman–Crippen MR) is 74.7 cm³/mol. The Bertz CT molecular complexity index is 499. The van der Waals surface area contributed by atoms with E-state index in [2.05, 4.69) is 0 Å². The van der Waals surface area contributed by atoms with Gasteiger partial charge in [-0.3, -0.25) is 9.10 Å². The van der Waals surface area contributed by atoms with Gasteiger partial charge in [0.2, 0.25) is 10.0 Å². The molecule has 0 spiro atoms. The Morgan fingerprint density at radius 2 is 1.89 bits per heavy atom. The van der Waals surface area contributed by atoms with Gasteiger partial charge in [-0.1, -0.05) is 31.5 Å². The van der Waals surface area contributed by atoms with Gasteiger partial charge in [0.1, 0.15) is 0 Å². The average molecular weight is 285 g/mol. The van der Waals surface area contributed by atoms with Crippen molar-refractivity contribution in [1.29, 1.82) is 0 Å². The van der Waals surface area contributed by atoms with Gasteiger partial charge in [0.05, 0.1) is 17.9 Å². The van der Waals surface area contributed by atoms with Crippen molar-refractivity contribution in [3.8, 4) is 0 Å². The minimum atomic E-state index is -3.59. The summed E-state index contributed by atoms with van der Waals surface area (Å²) in [7, 11) is -3.59. The fraction of sp³-hybridized carbons (Fsp3) is 0.462. The summed E-state index contributed by atoms with van der Waals surface area (Å²) in [6.07, 6.45) is 1.23. The maximum atomic E-state index is 12.2. The number of carboxylic acids is 1. The third kappa shape index (κ3) is 4.90. The van der Waals surface area contributed by atoms with E-state index in [0.717, 1.165) is 12.8 Å². The number of anilines is 1. The van der Waals surface area contributed by atoms with Gasteiger partial charge in [-0.15, -0.1) is 0 Å². The number of carbonyl (C=O) groups is 1. The zero-order valence-electron chi connectivity index (χ0n) is 10.9. The van der Waals surface area contributed by atoms with Crippen LogP contribution in [-0.2, 0) is 14.8 Å². The number of para-hydroxylation sites is 1. The molecule has 1 aromatic carbocycles. The van der Waals surface area contributed by atoms with Crippen LogP contribution in [0.25, 0.3) is 0 Å². The van der Waals surface area contributed by atoms with Crippen molar-refractivity contribution in [2.75, 3.05) is 16.6 Å². The molecule has 0 aliphatic carbocycles. The van der Waals surface area contributed by atoms with Crippen molar-refractivity contribution in [2.45, 2.75) is 26.2 Å². The van der Waals surface area contributed by atoms with E-state index in [1.54, 1.807) is 24.3 Å². The lowest BCUT2D eigenvalue weighted by Crippen LogP contribution is -2.34. The van der Waals surface area contributed by atoms with Crippen LogP contribution in [0.3, 0.4) is 0 Å². The number of nitrogens with zero attached hydrogens (tertiary/aromatic N) is 1. The molecule has 0 aliphatic heterocycles. The van der Waals surface area contributed by atoms with Gasteiger partial charge in [0.25, 0.3) is 0 Å². The second-order valence-electron chi connectivity index (χ2n) is 4.22. The van der Waals surface area contributed by atoms with E-state index in [1.807, 2.05) is 13.0 Å². The Balaban J connectivity index is 2.93. The van der Waals surface area contributed by atoms with Gasteiger partial charge < -0.3 is 5.11 Å². The van der Waals surface area contributed by atoms with Crippen LogP contribution in [0.1, 0.15) is 26.2 Å². The Morgan fingerprint density at radius 3 is 2.42 bits per heavy atom. The number of hydrogen-bond acceptors (Lipinski definition) is 3. The highest BCUT2D eigenvalue weighted by atomic mass is 32.2. The Hall–Kier alpha value is -1.56. The molecule has 1 aromatic rings. The van der Waals surface area contributed by atoms with Crippen molar-refractivity contribution < 1.29 is 18.3 Å². The first kappa shape index (κ1) is 15.5. The van der Waals surface area contributed by atoms with E-state index in [9.17, 15) is 13.2 Å². The van der Waals surface area contributed by atoms with Crippen LogP contribution in [0.2, 0.25) is 0 Å². The van der Waals surface area contributed by atoms with Crippen molar-refractivity contribution in [3.63, 3.8) is 0 Å². The minimum absolute atomic E-state index is 0.374. The van der Waals surface area contributed by atoms with Gasteiger partial charge in [0, 0.05) is 6.54 Å². The summed E-state index contributed by atoms with van der Waals surface area (Å²) < 4.78 is 25.7. The summed E-state index contributed by atoms with van der Waals surface area (Å²) in [6.45, 7) is 2.36. The fourth-order valence-electron chi connectivity index (χ4n) is 1.65. The molecule has 0 fully saturated rings. The van der Waals surface area contributed by atoms with Crippen LogP contribution < -0.4 is 4.31 Å². The van der Waals surface area contributed by atoms with Gasteiger partial charge >= 0.3 is 5.97 Å². The molecule has 0 radical (unpaired) electrons. The molecule has 19 heavy (non-hydrogen) atoms. The molecule has 1 N–H and O–H groups in total. The molecule has 0 atom stereocenters. The SMILES string of the molecule is CCCCN(c1ccccc1)S(=O)(=O)CCC(=O)O. The van der Waals surface area contributed by atoms with E-state index in [0.29, 0.717) is 12.2 Å². The zero-order chi connectivity index (χ0) is 14.3. The number of benzene rings is 1. The summed E-state index contributed by atoms with van der Waals surface area (Å²) in [5.41, 5.74) is 0.585. The lowest BCUT2D eigenvalue weighted by molar-refractivity contribution is -0.136. The lowest BCUT2D eigenvalue weighted by atomic mass is 10.3. The van der Waals surface area contributed by atoms with Crippen molar-refractivity contribution >= 4 is 21.7 Å². The second-order valence-corrected chi connectivity index (χ2v) is 6.23. The molecule has 0 aliphatic rings. The smallest absolute Gasteiger partial charge is 0.304 e. The highest BCUT2D eigenvalue weighted by Crippen LogP contribution is 2.19. The quantitative estimate of drug-likeness (QED) is 0.793. The van der Waals surface area contributed by atoms with E-state index in [1.165, 1.54) is 4.31 Å². The van der Waals surface area contributed by atoms with Crippen LogP contribution in [0.15, 0.2) is 30.3 Å². The second kappa shape index (κ2) is 7.13. The third-order valence-corrected chi connectivity index (χ3v) is 4.45. The molecule has 106 valence electrons. The van der Waals surface area contributed by atoms with Gasteiger partial charge in [-0.05, 0) is 18.6 Å². The van der Waals surface area contributed by atoms with Crippen molar-refractivity contribution in [3.05, 3.63) is 30.3 Å². The number of rotatable bonds is 8. The third-order valence-electron chi connectivity index (χ3n) is 2.67. The molecule has 0 amide bonds. The Morgan fingerprint density at radius 1 is 1.26 bits per heavy atom. The minimum Gasteiger partial charge on any atom is -0.481 e. The van der Waals surface area contributed by atoms with E-state index >= 15 is 0 Å². The van der Waals surface area contributed by atoms with Crippen LogP contribution in [0.5, 0.6) is 0 Å². The number of hydrogen-bond donors (Lipinski definition) is 1. The first-order chi connectivity index (χ1) is 8.97. The molecule has 0 aromatic heterocycles. The number of aliphatic carboxylic acids is 1. The molecule has 1 rings (SSSR count). The molecule has 0 unspecified atom stereocenters. The molecule has 5 nitrogen and oxygen atoms in total. The molecule has 0 heterocycles. The van der Waals surface area contributed by atoms with Crippen molar-refractivity contribution in [1.82, 2.24) is 0 Å². The zero-order valence-corrected chi connectivity index (χ0v) is 11.8. The summed E-state index contributed by atoms with van der Waals surface area (Å²) in [4.78, 5) is 10.5. The largest absolute Gasteiger partial charge is 0.481 e. The van der Waals surface area contributed by atoms with Crippen LogP contribution >= 0.6 is 0 Å². The molecule has 0 saturated carbocycles. The molecule has 0 saturated heterocycles. The molecular weight excluding hydrogens is 266 g/mol. The molecular formula is C13H19NO4S. The summed E-state index contributed by atoms with van der Waals surface area (Å²) in [5.74, 6) is -1.48. The molecule has 6 heteroatoms. The first-order valence-electron chi connectivity index (χ1n) is 6.24. The van der Waals surface area contributed by atoms with Crippen LogP contribution in [0, 0.1) is 0 Å². The van der Waals surface area contributed by atoms with Gasteiger partial charge in [-0.25, -0.2) is 8.42 Å². The average Bonchev–Trinajstić information content (AvgIpc) is 2.38. The number of carboxylic acid groups (broad SMARTS) is 1. The topological polar surface area (TPSA) is 74.7 Å². The van der Waals surface area contributed by atoms with Crippen LogP contribution in [-0.4, -0.2) is 31.8 Å². The highest BCUT2D eigenvalue weighted by Gasteiger charge is 2.22. The standard InChI is InChI=1S/C13H19NO4S/c1-2-3-10-14(12-7-5-4-6-8-12)19(17,18)11-9-13(15)16/h4-8H,2-3,9-11H2,1H3,(H,15,16). The monoisotopic (exact) mass is 285 g/mol. The van der Waals surface area contributed by atoms with E-state index in [-0.39, 0.29) is 12.2 Å². The van der Waals surface area contributed by atoms with Gasteiger partial charge in [0.15, 0.2) is 0 Å². The maximum Gasteiger partial charge on any atom is 0.304 e. The van der Waals surface area contributed by atoms with Crippen LogP contribution in [0.4, 0.5) is 5.69 Å². The highest BCUT2D eigenvalue weighted by molar-refractivity contribution is 7.92. The Labute approximate surface area is 113 Å². The van der Waals surface area contributed by atoms with E-state index in [4.69, 9.17) is 5.11 Å². The fourth-order valence-corrected chi connectivity index (χ4v) is 3.15. The summed E-state index contributed by atoms with van der Waals surface area (Å²) in [6, 6.07) is 8.77. The first-order valence-corrected chi connectivity index (χ1v) is 7.85.